The lowest BCUT2D eigenvalue weighted by atomic mass is 9.85. The molecule has 0 heteroatoms. The third-order valence-electron chi connectivity index (χ3n) is 14.0. The van der Waals surface area contributed by atoms with Crippen molar-refractivity contribution in [3.63, 3.8) is 0 Å². The molecule has 15 rings (SSSR count). The van der Waals surface area contributed by atoms with Crippen LogP contribution in [0.25, 0.3) is 152 Å². The summed E-state index contributed by atoms with van der Waals surface area (Å²) in [5.74, 6) is 0. The molecule has 0 heterocycles. The normalized spacial score (nSPS) is 12.8. The summed E-state index contributed by atoms with van der Waals surface area (Å²) >= 11 is 0. The predicted octanol–water partition coefficient (Wildman–Crippen LogP) is 16.6. The summed E-state index contributed by atoms with van der Waals surface area (Å²) in [6.45, 7) is 0. The van der Waals surface area contributed by atoms with E-state index in [2.05, 4.69) is 182 Å². The summed E-state index contributed by atoms with van der Waals surface area (Å²) in [6.07, 6.45) is 0. The monoisotopic (exact) mass is 726 g/mol. The third-order valence-corrected chi connectivity index (χ3v) is 14.0. The Labute approximate surface area is 332 Å². The topological polar surface area (TPSA) is 0 Å². The summed E-state index contributed by atoms with van der Waals surface area (Å²) in [4.78, 5) is 0. The lowest BCUT2D eigenvalue weighted by Crippen LogP contribution is -1.89. The molecule has 0 aliphatic rings. The van der Waals surface area contributed by atoms with E-state index in [4.69, 9.17) is 0 Å². The second-order valence-electron chi connectivity index (χ2n) is 16.6. The largest absolute Gasteiger partial charge is 0.0622 e. The zero-order valence-electron chi connectivity index (χ0n) is 31.3. The van der Waals surface area contributed by atoms with E-state index in [1.165, 1.54) is 152 Å². The Morgan fingerprint density at radius 1 is 0.172 bits per heavy atom. The zero-order chi connectivity index (χ0) is 37.4. The third kappa shape index (κ3) is 3.43. The molecule has 0 aliphatic carbocycles. The number of hydrogen-bond donors (Lipinski definition) is 0. The summed E-state index contributed by atoms with van der Waals surface area (Å²) in [7, 11) is 0. The first-order valence-corrected chi connectivity index (χ1v) is 20.4. The first kappa shape index (κ1) is 29.7. The highest BCUT2D eigenvalue weighted by Crippen LogP contribution is 2.55. The van der Waals surface area contributed by atoms with Crippen molar-refractivity contribution < 1.29 is 0 Å². The second kappa shape index (κ2) is 10.2. The van der Waals surface area contributed by atoms with Crippen LogP contribution in [0, 0.1) is 0 Å². The molecule has 0 aliphatic heterocycles. The molecular formula is C58H30. The van der Waals surface area contributed by atoms with Gasteiger partial charge in [-0.25, -0.2) is 0 Å². The number of rotatable bonds is 2. The molecule has 15 aromatic rings. The molecule has 0 N–H and O–H groups in total. The molecule has 0 spiro atoms. The van der Waals surface area contributed by atoms with Gasteiger partial charge in [-0.05, 0) is 170 Å². The van der Waals surface area contributed by atoms with Crippen LogP contribution in [0.15, 0.2) is 182 Å². The molecule has 0 unspecified atom stereocenters. The van der Waals surface area contributed by atoms with Gasteiger partial charge >= 0.3 is 0 Å². The fraction of sp³-hybridized carbons (Fsp3) is 0. The summed E-state index contributed by atoms with van der Waals surface area (Å²) < 4.78 is 0. The Bertz CT molecular complexity index is 4160. The Hall–Kier alpha value is -7.54. The number of fused-ring (bicyclic) bond motifs is 9. The van der Waals surface area contributed by atoms with Crippen LogP contribution in [0.1, 0.15) is 0 Å². The van der Waals surface area contributed by atoms with Crippen LogP contribution in [-0.2, 0) is 0 Å². The molecule has 0 radical (unpaired) electrons. The van der Waals surface area contributed by atoms with E-state index in [0.29, 0.717) is 0 Å². The van der Waals surface area contributed by atoms with Crippen molar-refractivity contribution in [2.45, 2.75) is 0 Å². The Morgan fingerprint density at radius 2 is 0.586 bits per heavy atom. The summed E-state index contributed by atoms with van der Waals surface area (Å²) in [5.41, 5.74) is 5.15. The van der Waals surface area contributed by atoms with Crippen LogP contribution in [0.5, 0.6) is 0 Å². The van der Waals surface area contributed by atoms with E-state index in [9.17, 15) is 0 Å². The van der Waals surface area contributed by atoms with Crippen molar-refractivity contribution in [3.05, 3.63) is 182 Å². The molecule has 0 bridgehead atoms. The van der Waals surface area contributed by atoms with Crippen molar-refractivity contribution >= 4 is 129 Å². The molecule has 0 saturated carbocycles. The molecule has 0 atom stereocenters. The van der Waals surface area contributed by atoms with E-state index >= 15 is 0 Å². The van der Waals surface area contributed by atoms with Gasteiger partial charge in [-0.2, -0.15) is 0 Å². The molecular weight excluding hydrogens is 697 g/mol. The maximum atomic E-state index is 2.56. The highest BCUT2D eigenvalue weighted by molar-refractivity contribution is 6.47. The fourth-order valence-corrected chi connectivity index (χ4v) is 11.8. The van der Waals surface area contributed by atoms with Gasteiger partial charge in [0.1, 0.15) is 0 Å². The van der Waals surface area contributed by atoms with Crippen LogP contribution >= 0.6 is 0 Å². The molecule has 262 valence electrons. The van der Waals surface area contributed by atoms with Crippen molar-refractivity contribution in [1.82, 2.24) is 0 Å². The van der Waals surface area contributed by atoms with E-state index in [1.807, 2.05) is 0 Å². The fourth-order valence-electron chi connectivity index (χ4n) is 11.8. The van der Waals surface area contributed by atoms with E-state index in [1.54, 1.807) is 0 Å². The molecule has 0 aromatic heterocycles. The predicted molar refractivity (Wildman–Crippen MR) is 252 cm³/mol. The number of hydrogen-bond acceptors (Lipinski definition) is 0. The molecule has 0 fully saturated rings. The van der Waals surface area contributed by atoms with E-state index in [-0.39, 0.29) is 0 Å². The average Bonchev–Trinajstić information content (AvgIpc) is 3.78. The summed E-state index contributed by atoms with van der Waals surface area (Å²) in [5, 5.41) is 32.1. The lowest BCUT2D eigenvalue weighted by molar-refractivity contribution is 1.68. The maximum absolute atomic E-state index is 2.56. The van der Waals surface area contributed by atoms with Gasteiger partial charge in [0, 0.05) is 0 Å². The first-order valence-electron chi connectivity index (χ1n) is 20.4. The highest BCUT2D eigenvalue weighted by Gasteiger charge is 2.27. The first-order chi connectivity index (χ1) is 28.8. The van der Waals surface area contributed by atoms with Gasteiger partial charge < -0.3 is 0 Å². The van der Waals surface area contributed by atoms with Gasteiger partial charge in [0.2, 0.25) is 0 Å². The molecule has 0 amide bonds. The van der Waals surface area contributed by atoms with Gasteiger partial charge in [-0.15, -0.1) is 0 Å². The van der Waals surface area contributed by atoms with Crippen molar-refractivity contribution in [2.75, 3.05) is 0 Å². The number of benzene rings is 13. The van der Waals surface area contributed by atoms with E-state index in [0.717, 1.165) is 0 Å². The minimum Gasteiger partial charge on any atom is -0.0622 e. The SMILES string of the molecule is c1ccc(-c2c3cc4c(cc3c(-c3ccccc3)c3c5cc6cccc7ccc8ccc(c23)c5c8c76)c2ccc3c5cccc6cccc(c7ccc4c2c73)c65)cc1. The molecule has 15 aromatic carbocycles. The average molecular weight is 727 g/mol. The zero-order valence-corrected chi connectivity index (χ0v) is 31.3. The van der Waals surface area contributed by atoms with Gasteiger partial charge in [-0.1, -0.05) is 164 Å². The van der Waals surface area contributed by atoms with Crippen LogP contribution < -0.4 is 0 Å². The van der Waals surface area contributed by atoms with Crippen LogP contribution in [-0.4, -0.2) is 0 Å². The Morgan fingerprint density at radius 3 is 1.17 bits per heavy atom. The lowest BCUT2D eigenvalue weighted by Gasteiger charge is -2.17. The second-order valence-corrected chi connectivity index (χ2v) is 16.6. The Kier molecular flexibility index (Phi) is 5.25. The smallest absolute Gasteiger partial charge is 0.000719 e. The van der Waals surface area contributed by atoms with Crippen LogP contribution in [0.4, 0.5) is 0 Å². The van der Waals surface area contributed by atoms with Gasteiger partial charge in [-0.3, -0.25) is 0 Å². The van der Waals surface area contributed by atoms with Crippen molar-refractivity contribution in [3.8, 4) is 22.3 Å². The van der Waals surface area contributed by atoms with Crippen molar-refractivity contribution in [2.24, 2.45) is 0 Å². The maximum Gasteiger partial charge on any atom is -0.000719 e. The Balaban J connectivity index is 1.22. The van der Waals surface area contributed by atoms with Gasteiger partial charge in [0.15, 0.2) is 0 Å². The van der Waals surface area contributed by atoms with Crippen LogP contribution in [0.3, 0.4) is 0 Å². The van der Waals surface area contributed by atoms with Crippen molar-refractivity contribution in [1.29, 1.82) is 0 Å². The van der Waals surface area contributed by atoms with Gasteiger partial charge in [0.25, 0.3) is 0 Å². The molecule has 0 saturated heterocycles. The quantitative estimate of drug-likeness (QED) is 0.123. The van der Waals surface area contributed by atoms with Crippen LogP contribution in [0.2, 0.25) is 0 Å². The minimum atomic E-state index is 1.25. The summed E-state index contributed by atoms with van der Waals surface area (Å²) in [6, 6.07) is 69.4. The van der Waals surface area contributed by atoms with E-state index < -0.39 is 0 Å². The standard InChI is InChI=1S/C58H30/c1-3-10-32(11-4-1)51-46-29-44-41-26-24-39-37-18-8-15-31-16-9-19-38(50(31)37)40-25-27-42(55(41)54(39)40)45(44)30-47(46)52(33-12-5-2-6-13-33)58-48-28-36-17-7-14-34-20-21-35-22-23-43(57(51)58)56(48)53(35)49(34)36/h1-30H. The minimum absolute atomic E-state index is 1.25. The van der Waals surface area contributed by atoms with Gasteiger partial charge in [0.05, 0.1) is 0 Å². The molecule has 58 heavy (non-hydrogen) atoms. The highest BCUT2D eigenvalue weighted by atomic mass is 14.3. The molecule has 0 nitrogen and oxygen atoms in total.